The van der Waals surface area contributed by atoms with Crippen LogP contribution in [0.5, 0.6) is 11.5 Å². The lowest BCUT2D eigenvalue weighted by atomic mass is 10.1. The van der Waals surface area contributed by atoms with Crippen LogP contribution in [0.15, 0.2) is 82.8 Å². The van der Waals surface area contributed by atoms with Crippen LogP contribution < -0.4 is 20.1 Å². The third-order valence-corrected chi connectivity index (χ3v) is 7.49. The molecule has 10 nitrogen and oxygen atoms in total. The first-order valence-electron chi connectivity index (χ1n) is 13.0. The maximum atomic E-state index is 13.5. The summed E-state index contributed by atoms with van der Waals surface area (Å²) in [5.74, 6) is 1.30. The number of fused-ring (bicyclic) bond motifs is 3. The Hall–Kier alpha value is -4.64. The molecule has 0 spiro atoms. The van der Waals surface area contributed by atoms with E-state index in [0.29, 0.717) is 34.7 Å². The summed E-state index contributed by atoms with van der Waals surface area (Å²) >= 11 is 1.16. The Labute approximate surface area is 241 Å². The molecule has 2 aliphatic heterocycles. The maximum Gasteiger partial charge on any atom is 0.259 e. The van der Waals surface area contributed by atoms with Gasteiger partial charge in [-0.25, -0.2) is 9.89 Å². The number of benzene rings is 3. The lowest BCUT2D eigenvalue weighted by Gasteiger charge is -2.25. The quantitative estimate of drug-likeness (QED) is 0.378. The van der Waals surface area contributed by atoms with E-state index in [4.69, 9.17) is 14.5 Å². The fourth-order valence-electron chi connectivity index (χ4n) is 4.39. The first-order valence-corrected chi connectivity index (χ1v) is 14.0. The molecule has 2 aliphatic rings. The van der Waals surface area contributed by atoms with Crippen LogP contribution in [0.2, 0.25) is 0 Å². The predicted molar refractivity (Wildman–Crippen MR) is 159 cm³/mol. The highest BCUT2D eigenvalue weighted by Gasteiger charge is 2.41. The normalized spacial score (nSPS) is 15.3. The number of thioether (sulfide) groups is 1. The number of carbonyl (C=O) groups is 3. The third-order valence-electron chi connectivity index (χ3n) is 6.55. The van der Waals surface area contributed by atoms with Gasteiger partial charge in [0.05, 0.1) is 25.7 Å². The fraction of sp³-hybridized carbons (Fsp3) is 0.233. The minimum atomic E-state index is -0.721. The SMILES string of the molecule is COc1ccc(CNC(=O)CC[C@H]2N=C3c4ccccc4N=C(SCC(=O)Nc4ccc(OC)cc4)N3C2=O)cc1. The monoisotopic (exact) mass is 571 g/mol. The Morgan fingerprint density at radius 2 is 1.61 bits per heavy atom. The van der Waals surface area contributed by atoms with Crippen molar-refractivity contribution in [2.45, 2.75) is 25.4 Å². The van der Waals surface area contributed by atoms with Crippen molar-refractivity contribution in [3.8, 4) is 11.5 Å². The summed E-state index contributed by atoms with van der Waals surface area (Å²) in [6, 6.07) is 21.2. The number of nitrogens with zero attached hydrogens (tertiary/aromatic N) is 3. The molecule has 0 saturated carbocycles. The van der Waals surface area contributed by atoms with Crippen LogP contribution in [0.3, 0.4) is 0 Å². The number of methoxy groups -OCH3 is 2. The zero-order chi connectivity index (χ0) is 28.8. The van der Waals surface area contributed by atoms with E-state index < -0.39 is 6.04 Å². The number of ether oxygens (including phenoxy) is 2. The van der Waals surface area contributed by atoms with Gasteiger partial charge in [0, 0.05) is 24.2 Å². The van der Waals surface area contributed by atoms with E-state index in [1.165, 1.54) is 4.90 Å². The van der Waals surface area contributed by atoms with Gasteiger partial charge in [-0.15, -0.1) is 0 Å². The van der Waals surface area contributed by atoms with E-state index in [-0.39, 0.29) is 36.3 Å². The van der Waals surface area contributed by atoms with Crippen molar-refractivity contribution in [2.75, 3.05) is 25.3 Å². The highest BCUT2D eigenvalue weighted by atomic mass is 32.2. The van der Waals surface area contributed by atoms with E-state index in [2.05, 4.69) is 15.6 Å². The second-order valence-electron chi connectivity index (χ2n) is 9.28. The summed E-state index contributed by atoms with van der Waals surface area (Å²) in [6.45, 7) is 0.376. The molecule has 0 fully saturated rings. The maximum absolute atomic E-state index is 13.5. The van der Waals surface area contributed by atoms with Crippen molar-refractivity contribution < 1.29 is 23.9 Å². The van der Waals surface area contributed by atoms with Gasteiger partial charge in [-0.3, -0.25) is 19.4 Å². The molecule has 11 heteroatoms. The standard InChI is InChI=1S/C30H29N5O5S/c1-39-21-11-7-19(8-12-21)17-31-26(36)16-15-25-29(38)35-28(33-25)23-5-3-4-6-24(23)34-30(35)41-18-27(37)32-20-9-13-22(40-2)14-10-20/h3-14,25H,15-18H2,1-2H3,(H,31,36)(H,32,37)/t25-/m1/s1. The summed E-state index contributed by atoms with van der Waals surface area (Å²) in [6.07, 6.45) is 0.397. The summed E-state index contributed by atoms with van der Waals surface area (Å²) in [7, 11) is 3.18. The second-order valence-corrected chi connectivity index (χ2v) is 10.2. The summed E-state index contributed by atoms with van der Waals surface area (Å²) in [5, 5.41) is 6.11. The molecule has 3 aromatic rings. The number of aliphatic imine (C=N–C) groups is 2. The lowest BCUT2D eigenvalue weighted by Crippen LogP contribution is -2.41. The lowest BCUT2D eigenvalue weighted by molar-refractivity contribution is -0.125. The molecule has 41 heavy (non-hydrogen) atoms. The molecule has 0 aliphatic carbocycles. The van der Waals surface area contributed by atoms with Crippen molar-refractivity contribution >= 4 is 51.9 Å². The molecular formula is C30H29N5O5S. The molecule has 5 rings (SSSR count). The predicted octanol–water partition coefficient (Wildman–Crippen LogP) is 4.13. The van der Waals surface area contributed by atoms with Gasteiger partial charge in [0.15, 0.2) is 5.17 Å². The number of anilines is 1. The topological polar surface area (TPSA) is 122 Å². The molecule has 3 amide bonds. The zero-order valence-electron chi connectivity index (χ0n) is 22.6. The highest BCUT2D eigenvalue weighted by Crippen LogP contribution is 2.34. The molecule has 0 radical (unpaired) electrons. The Morgan fingerprint density at radius 3 is 2.32 bits per heavy atom. The van der Waals surface area contributed by atoms with Crippen LogP contribution in [0.25, 0.3) is 0 Å². The van der Waals surface area contributed by atoms with Gasteiger partial charge in [0.1, 0.15) is 23.4 Å². The average Bonchev–Trinajstić information content (AvgIpc) is 3.34. The zero-order valence-corrected chi connectivity index (χ0v) is 23.4. The molecule has 2 heterocycles. The number of hydrogen-bond donors (Lipinski definition) is 2. The number of hydrogen-bond acceptors (Lipinski definition) is 8. The van der Waals surface area contributed by atoms with Crippen LogP contribution in [-0.4, -0.2) is 59.6 Å². The van der Waals surface area contributed by atoms with Crippen LogP contribution >= 0.6 is 11.8 Å². The molecule has 210 valence electrons. The van der Waals surface area contributed by atoms with Gasteiger partial charge < -0.3 is 20.1 Å². The first kappa shape index (κ1) is 27.9. The summed E-state index contributed by atoms with van der Waals surface area (Å²) in [5.41, 5.74) is 2.99. The van der Waals surface area contributed by atoms with Gasteiger partial charge in [0.25, 0.3) is 5.91 Å². The van der Waals surface area contributed by atoms with E-state index in [1.54, 1.807) is 38.5 Å². The van der Waals surface area contributed by atoms with Gasteiger partial charge >= 0.3 is 0 Å². The van der Waals surface area contributed by atoms with Crippen LogP contribution in [-0.2, 0) is 20.9 Å². The van der Waals surface area contributed by atoms with Crippen molar-refractivity contribution in [3.63, 3.8) is 0 Å². The molecular weight excluding hydrogens is 542 g/mol. The fourth-order valence-corrected chi connectivity index (χ4v) is 5.19. The number of amides is 3. The molecule has 3 aromatic carbocycles. The molecule has 0 bridgehead atoms. The number of para-hydroxylation sites is 1. The largest absolute Gasteiger partial charge is 0.497 e. The summed E-state index contributed by atoms with van der Waals surface area (Å²) in [4.78, 5) is 49.5. The van der Waals surface area contributed by atoms with E-state index >= 15 is 0 Å². The smallest absolute Gasteiger partial charge is 0.259 e. The molecule has 2 N–H and O–H groups in total. The van der Waals surface area contributed by atoms with Crippen molar-refractivity contribution in [3.05, 3.63) is 83.9 Å². The summed E-state index contributed by atoms with van der Waals surface area (Å²) < 4.78 is 10.3. The number of rotatable bonds is 10. The van der Waals surface area contributed by atoms with Gasteiger partial charge in [-0.05, 0) is 60.5 Å². The minimum absolute atomic E-state index is 0.0442. The average molecular weight is 572 g/mol. The first-order chi connectivity index (χ1) is 19.9. The van der Waals surface area contributed by atoms with Gasteiger partial charge in [-0.2, -0.15) is 0 Å². The Bertz CT molecular complexity index is 1500. The molecule has 1 atom stereocenters. The minimum Gasteiger partial charge on any atom is -0.497 e. The number of carbonyl (C=O) groups excluding carboxylic acids is 3. The number of amidine groups is 2. The Balaban J connectivity index is 1.21. The van der Waals surface area contributed by atoms with E-state index in [0.717, 1.165) is 28.6 Å². The molecule has 0 unspecified atom stereocenters. The van der Waals surface area contributed by atoms with Crippen molar-refractivity contribution in [1.82, 2.24) is 10.2 Å². The van der Waals surface area contributed by atoms with Crippen molar-refractivity contribution in [2.24, 2.45) is 9.98 Å². The highest BCUT2D eigenvalue weighted by molar-refractivity contribution is 8.14. The van der Waals surface area contributed by atoms with Crippen molar-refractivity contribution in [1.29, 1.82) is 0 Å². The van der Waals surface area contributed by atoms with Crippen LogP contribution in [0, 0.1) is 0 Å². The van der Waals surface area contributed by atoms with E-state index in [9.17, 15) is 14.4 Å². The second kappa shape index (κ2) is 12.7. The van der Waals surface area contributed by atoms with Crippen LogP contribution in [0.1, 0.15) is 24.0 Å². The molecule has 0 saturated heterocycles. The van der Waals surface area contributed by atoms with Gasteiger partial charge in [0.2, 0.25) is 11.8 Å². The van der Waals surface area contributed by atoms with E-state index in [1.807, 2.05) is 48.5 Å². The Morgan fingerprint density at radius 1 is 0.927 bits per heavy atom. The number of nitrogens with one attached hydrogen (secondary N) is 2. The van der Waals surface area contributed by atoms with Gasteiger partial charge in [-0.1, -0.05) is 36.0 Å². The third kappa shape index (κ3) is 6.58. The molecule has 0 aromatic heterocycles. The van der Waals surface area contributed by atoms with Crippen LogP contribution in [0.4, 0.5) is 11.4 Å². The Kier molecular flexibility index (Phi) is 8.64.